The Morgan fingerprint density at radius 1 is 1.25 bits per heavy atom. The van der Waals surface area contributed by atoms with E-state index in [1.165, 1.54) is 0 Å². The van der Waals surface area contributed by atoms with Gasteiger partial charge in [-0.1, -0.05) is 0 Å². The fraction of sp³-hybridized carbons (Fsp3) is 0. The molecule has 0 saturated heterocycles. The Morgan fingerprint density at radius 2 is 1.25 bits per heavy atom. The second kappa shape index (κ2) is 27.9. The van der Waals surface area contributed by atoms with Crippen molar-refractivity contribution in [1.29, 1.82) is 0 Å². The fourth-order valence-electron chi connectivity index (χ4n) is 0. The molecule has 0 rings (SSSR count). The first kappa shape index (κ1) is 18.6. The van der Waals surface area contributed by atoms with Crippen molar-refractivity contribution in [2.45, 2.75) is 0 Å². The maximum Gasteiger partial charge on any atom is 2.00 e. The normalized spacial score (nSPS) is 1.00. The van der Waals surface area contributed by atoms with Gasteiger partial charge >= 0.3 is 37.7 Å². The molecule has 0 atom stereocenters. The van der Waals surface area contributed by atoms with E-state index in [-0.39, 0.29) is 50.1 Å². The summed E-state index contributed by atoms with van der Waals surface area (Å²) >= 11 is 0. The van der Waals surface area contributed by atoms with Gasteiger partial charge in [0.25, 0.3) is 0 Å². The van der Waals surface area contributed by atoms with E-state index >= 15 is 0 Å². The molecule has 20 valence electrons. The number of hydrogen-bond acceptors (Lipinski definition) is 0. The average Bonchev–Trinajstić information content (AvgIpc) is 1.00. The molecule has 0 unspecified atom stereocenters. The van der Waals surface area contributed by atoms with Crippen molar-refractivity contribution in [3.8, 4) is 0 Å². The molecule has 0 heterocycles. The minimum atomic E-state index is 0. The molecule has 0 radical (unpaired) electrons. The number of rotatable bonds is 0. The molecule has 0 spiro atoms. The van der Waals surface area contributed by atoms with Gasteiger partial charge in [0.15, 0.2) is 0 Å². The zero-order chi connectivity index (χ0) is 2.00. The van der Waals surface area contributed by atoms with Gasteiger partial charge in [-0.25, -0.2) is 0 Å². The molecule has 0 nitrogen and oxygen atoms in total. The second-order valence-electron chi connectivity index (χ2n) is 0. The van der Waals surface area contributed by atoms with Gasteiger partial charge in [0.1, 0.15) is 0 Å². The number of halogens is 1. The van der Waals surface area contributed by atoms with E-state index in [1.807, 2.05) is 0 Å². The van der Waals surface area contributed by atoms with Crippen LogP contribution in [0.25, 0.3) is 0 Å². The molecule has 0 aromatic rings. The van der Waals surface area contributed by atoms with Crippen LogP contribution in [-0.4, -0.2) is 37.7 Å². The standard InChI is InChI=1S/C2H3.Ca.ClH/c1-2;;/h1H,2H2;;1H/q-1;+2;/p-1. The molecule has 0 aliphatic heterocycles. The fourth-order valence-corrected chi connectivity index (χ4v) is 0. The summed E-state index contributed by atoms with van der Waals surface area (Å²) in [5.74, 6) is 0. The Labute approximate surface area is 62.7 Å². The average molecular weight is 103 g/mol. The predicted molar refractivity (Wildman–Crippen MR) is 15.7 cm³/mol. The van der Waals surface area contributed by atoms with Gasteiger partial charge in [-0.05, 0) is 0 Å². The molecule has 0 fully saturated rings. The minimum absolute atomic E-state index is 0. The zero-order valence-corrected chi connectivity index (χ0v) is 5.33. The van der Waals surface area contributed by atoms with E-state index < -0.39 is 0 Å². The van der Waals surface area contributed by atoms with Gasteiger partial charge in [-0.15, -0.1) is 0 Å². The molecule has 0 N–H and O–H groups in total. The van der Waals surface area contributed by atoms with E-state index in [0.29, 0.717) is 0 Å². The van der Waals surface area contributed by atoms with Crippen molar-refractivity contribution in [2.75, 3.05) is 0 Å². The van der Waals surface area contributed by atoms with E-state index in [0.717, 1.165) is 0 Å². The molecule has 0 bridgehead atoms. The van der Waals surface area contributed by atoms with Crippen molar-refractivity contribution >= 4 is 37.7 Å². The van der Waals surface area contributed by atoms with E-state index in [9.17, 15) is 0 Å². The summed E-state index contributed by atoms with van der Waals surface area (Å²) in [4.78, 5) is 0. The van der Waals surface area contributed by atoms with Gasteiger partial charge in [0, 0.05) is 0 Å². The molecule has 4 heavy (non-hydrogen) atoms. The molecule has 0 aliphatic carbocycles. The third-order valence-corrected chi connectivity index (χ3v) is 0. The first-order chi connectivity index (χ1) is 1.00. The maximum atomic E-state index is 4.25. The van der Waals surface area contributed by atoms with Gasteiger partial charge in [-0.3, -0.25) is 6.58 Å². The van der Waals surface area contributed by atoms with Crippen molar-refractivity contribution in [1.82, 2.24) is 0 Å². The van der Waals surface area contributed by atoms with Gasteiger partial charge in [0.2, 0.25) is 0 Å². The van der Waals surface area contributed by atoms with Gasteiger partial charge < -0.3 is 19.0 Å². The molecule has 0 aromatic heterocycles. The van der Waals surface area contributed by atoms with Crippen LogP contribution in [0.5, 0.6) is 0 Å². The molecular formula is C2H3CaCl. The summed E-state index contributed by atoms with van der Waals surface area (Å²) < 4.78 is 0. The summed E-state index contributed by atoms with van der Waals surface area (Å²) in [5.41, 5.74) is 0. The van der Waals surface area contributed by atoms with Crippen LogP contribution >= 0.6 is 0 Å². The first-order valence-electron chi connectivity index (χ1n) is 0.408. The Morgan fingerprint density at radius 3 is 1.25 bits per heavy atom. The second-order valence-corrected chi connectivity index (χ2v) is 0. The Bertz CT molecular complexity index is 6.00. The maximum absolute atomic E-state index is 4.25. The summed E-state index contributed by atoms with van der Waals surface area (Å²) in [6.07, 6.45) is 0. The zero-order valence-electron chi connectivity index (χ0n) is 2.37. The van der Waals surface area contributed by atoms with Crippen LogP contribution < -0.4 is 12.4 Å². The van der Waals surface area contributed by atoms with Gasteiger partial charge in [0.05, 0.1) is 0 Å². The Kier molecular flexibility index (Phi) is 130. The quantitative estimate of drug-likeness (QED) is 0.230. The van der Waals surface area contributed by atoms with E-state index in [2.05, 4.69) is 13.2 Å². The summed E-state index contributed by atoms with van der Waals surface area (Å²) in [6.45, 7) is 7.00. The predicted octanol–water partition coefficient (Wildman–Crippen LogP) is -2.77. The molecular weight excluding hydrogens is 99.6 g/mol. The number of hydrogen-bond donors (Lipinski definition) is 0. The van der Waals surface area contributed by atoms with Gasteiger partial charge in [-0.2, -0.15) is 0 Å². The van der Waals surface area contributed by atoms with Crippen LogP contribution in [-0.2, 0) is 0 Å². The van der Waals surface area contributed by atoms with Crippen molar-refractivity contribution in [2.24, 2.45) is 0 Å². The van der Waals surface area contributed by atoms with Crippen molar-refractivity contribution in [3.05, 3.63) is 13.2 Å². The van der Waals surface area contributed by atoms with Crippen LogP contribution in [0, 0.1) is 6.58 Å². The van der Waals surface area contributed by atoms with E-state index in [4.69, 9.17) is 0 Å². The smallest absolute Gasteiger partial charge is 1.00 e. The summed E-state index contributed by atoms with van der Waals surface area (Å²) in [6, 6.07) is 0. The Hall–Kier alpha value is 1.29. The summed E-state index contributed by atoms with van der Waals surface area (Å²) in [7, 11) is 0. The molecule has 0 saturated carbocycles. The van der Waals surface area contributed by atoms with Crippen LogP contribution in [0.1, 0.15) is 0 Å². The first-order valence-corrected chi connectivity index (χ1v) is 0.408. The van der Waals surface area contributed by atoms with Crippen LogP contribution in [0.4, 0.5) is 0 Å². The largest absolute Gasteiger partial charge is 2.00 e. The van der Waals surface area contributed by atoms with Crippen LogP contribution in [0.15, 0.2) is 6.58 Å². The SMILES string of the molecule is [CH-]=C.[Ca+2].[Cl-]. The third kappa shape index (κ3) is 10.4. The monoisotopic (exact) mass is 102 g/mol. The van der Waals surface area contributed by atoms with Crippen LogP contribution in [0.2, 0.25) is 0 Å². The Balaban J connectivity index is -0.00000000500. The molecule has 0 aromatic carbocycles. The van der Waals surface area contributed by atoms with Crippen LogP contribution in [0.3, 0.4) is 0 Å². The molecule has 0 amide bonds. The molecule has 0 aliphatic rings. The van der Waals surface area contributed by atoms with Crippen molar-refractivity contribution in [3.63, 3.8) is 0 Å². The third-order valence-electron chi connectivity index (χ3n) is 0. The summed E-state index contributed by atoms with van der Waals surface area (Å²) in [5, 5.41) is 0. The minimum Gasteiger partial charge on any atom is -1.00 e. The topological polar surface area (TPSA) is 0 Å². The van der Waals surface area contributed by atoms with Crippen molar-refractivity contribution < 1.29 is 12.4 Å². The molecule has 2 heteroatoms. The van der Waals surface area contributed by atoms with E-state index in [1.54, 1.807) is 0 Å².